The van der Waals surface area contributed by atoms with Crippen LogP contribution >= 0.6 is 0 Å². The van der Waals surface area contributed by atoms with E-state index in [0.29, 0.717) is 18.4 Å². The van der Waals surface area contributed by atoms with Crippen LogP contribution in [0.15, 0.2) is 30.6 Å². The molecule has 1 aromatic carbocycles. The van der Waals surface area contributed by atoms with Crippen molar-refractivity contribution in [2.45, 2.75) is 70.8 Å². The van der Waals surface area contributed by atoms with Crippen molar-refractivity contribution in [3.8, 4) is 6.07 Å². The molecule has 4 rings (SSSR count). The van der Waals surface area contributed by atoms with Crippen LogP contribution in [-0.2, 0) is 26.3 Å². The highest BCUT2D eigenvalue weighted by Crippen LogP contribution is 2.40. The first-order valence-corrected chi connectivity index (χ1v) is 11.8. The fourth-order valence-corrected chi connectivity index (χ4v) is 3.58. The summed E-state index contributed by atoms with van der Waals surface area (Å²) in [6, 6.07) is 8.08. The standard InChI is InChI=1S/C20H22N4O2.C4H7F.C2H2F3NO/c1-19(2,3)8-16(25)23-11-17(26)24-20(12-21)7-13-5-4-6-14-9-22-10-15(20)18(13)14;1-4(5)2-3-4;3-2(4,5)1(6)7/h4-6,9-10H,7-8,11H2,1-3H3,(H,23,25)(H,24,26);2-3H2,1H3;(H2,6,7). The molecule has 1 saturated carbocycles. The van der Waals surface area contributed by atoms with Crippen molar-refractivity contribution in [3.05, 3.63) is 41.7 Å². The van der Waals surface area contributed by atoms with Gasteiger partial charge in [-0.2, -0.15) is 18.4 Å². The van der Waals surface area contributed by atoms with Gasteiger partial charge in [0.2, 0.25) is 11.8 Å². The minimum absolute atomic E-state index is 0.150. The van der Waals surface area contributed by atoms with E-state index in [2.05, 4.69) is 27.4 Å². The van der Waals surface area contributed by atoms with Gasteiger partial charge in [0, 0.05) is 36.2 Å². The van der Waals surface area contributed by atoms with Crippen molar-refractivity contribution >= 4 is 28.5 Å². The van der Waals surface area contributed by atoms with Crippen LogP contribution in [0, 0.1) is 16.7 Å². The predicted molar refractivity (Wildman–Crippen MR) is 132 cm³/mol. The third-order valence-electron chi connectivity index (χ3n) is 5.68. The van der Waals surface area contributed by atoms with Gasteiger partial charge in [-0.25, -0.2) is 4.39 Å². The van der Waals surface area contributed by atoms with Crippen molar-refractivity contribution in [2.24, 2.45) is 11.1 Å². The van der Waals surface area contributed by atoms with Gasteiger partial charge in [0.1, 0.15) is 5.67 Å². The number of primary amides is 1. The van der Waals surface area contributed by atoms with E-state index in [0.717, 1.165) is 29.2 Å². The van der Waals surface area contributed by atoms with Gasteiger partial charge in [-0.1, -0.05) is 39.0 Å². The maximum absolute atomic E-state index is 12.4. The zero-order valence-electron chi connectivity index (χ0n) is 21.6. The molecule has 0 spiro atoms. The molecule has 0 radical (unpaired) electrons. The minimum atomic E-state index is -4.86. The predicted octanol–water partition coefficient (Wildman–Crippen LogP) is 3.72. The molecule has 1 aromatic heterocycles. The van der Waals surface area contributed by atoms with Gasteiger partial charge in [0.25, 0.3) is 0 Å². The van der Waals surface area contributed by atoms with Crippen LogP contribution in [0.3, 0.4) is 0 Å². The van der Waals surface area contributed by atoms with Crippen molar-refractivity contribution in [1.82, 2.24) is 15.6 Å². The maximum atomic E-state index is 12.4. The topological polar surface area (TPSA) is 138 Å². The Kier molecular flexibility index (Phi) is 9.09. The molecular formula is C26H31F4N5O3. The lowest BCUT2D eigenvalue weighted by atomic mass is 9.92. The normalized spacial score (nSPS) is 18.6. The van der Waals surface area contributed by atoms with E-state index < -0.39 is 29.2 Å². The fourth-order valence-electron chi connectivity index (χ4n) is 3.58. The average Bonchev–Trinajstić information content (AvgIpc) is 3.40. The lowest BCUT2D eigenvalue weighted by molar-refractivity contribution is -0.169. The molecule has 2 aromatic rings. The largest absolute Gasteiger partial charge is 0.470 e. The number of aromatic nitrogens is 1. The van der Waals surface area contributed by atoms with E-state index in [-0.39, 0.29) is 17.9 Å². The zero-order valence-corrected chi connectivity index (χ0v) is 21.6. The molecular weight excluding hydrogens is 506 g/mol. The Morgan fingerprint density at radius 2 is 1.71 bits per heavy atom. The number of rotatable bonds is 4. The number of halogens is 4. The van der Waals surface area contributed by atoms with E-state index >= 15 is 0 Å². The summed E-state index contributed by atoms with van der Waals surface area (Å²) in [5, 5.41) is 17.2. The third kappa shape index (κ3) is 8.68. The first-order valence-electron chi connectivity index (χ1n) is 11.8. The summed E-state index contributed by atoms with van der Waals surface area (Å²) in [6.07, 6.45) is 0.826. The molecule has 8 nitrogen and oxygen atoms in total. The van der Waals surface area contributed by atoms with Gasteiger partial charge in [-0.3, -0.25) is 19.4 Å². The van der Waals surface area contributed by atoms with E-state index in [9.17, 15) is 32.4 Å². The number of pyridine rings is 1. The highest BCUT2D eigenvalue weighted by Gasteiger charge is 2.42. The fraction of sp³-hybridized carbons (Fsp3) is 0.500. The van der Waals surface area contributed by atoms with Gasteiger partial charge < -0.3 is 16.4 Å². The number of nitriles is 1. The second-order valence-corrected chi connectivity index (χ2v) is 10.7. The lowest BCUT2D eigenvalue weighted by Crippen LogP contribution is -2.48. The summed E-state index contributed by atoms with van der Waals surface area (Å²) in [5.41, 5.74) is 3.48. The zero-order chi connectivity index (χ0) is 28.9. The maximum Gasteiger partial charge on any atom is 0.470 e. The molecule has 38 heavy (non-hydrogen) atoms. The molecule has 0 bridgehead atoms. The monoisotopic (exact) mass is 537 g/mol. The van der Waals surface area contributed by atoms with Gasteiger partial charge in [0.15, 0.2) is 5.54 Å². The summed E-state index contributed by atoms with van der Waals surface area (Å²) in [7, 11) is 0. The van der Waals surface area contributed by atoms with Crippen LogP contribution < -0.4 is 16.4 Å². The van der Waals surface area contributed by atoms with Gasteiger partial charge >= 0.3 is 12.1 Å². The number of amides is 3. The van der Waals surface area contributed by atoms with Crippen LogP contribution in [0.5, 0.6) is 0 Å². The lowest BCUT2D eigenvalue weighted by Gasteiger charge is -2.24. The van der Waals surface area contributed by atoms with Gasteiger partial charge in [0.05, 0.1) is 12.6 Å². The molecule has 0 aliphatic heterocycles. The SMILES string of the molecule is CC(C)(C)CC(=O)NCC(=O)NC1(C#N)Cc2cccc3cncc1c23.CC1(F)CC1.NC(=O)C(F)(F)F. The summed E-state index contributed by atoms with van der Waals surface area (Å²) < 4.78 is 43.9. The molecule has 1 heterocycles. The Balaban J connectivity index is 0.000000348. The van der Waals surface area contributed by atoms with E-state index in [1.54, 1.807) is 19.3 Å². The number of hydrogen-bond acceptors (Lipinski definition) is 5. The molecule has 1 unspecified atom stereocenters. The van der Waals surface area contributed by atoms with Gasteiger partial charge in [-0.15, -0.1) is 0 Å². The molecule has 4 N–H and O–H groups in total. The Bertz CT molecular complexity index is 1240. The Morgan fingerprint density at radius 3 is 2.18 bits per heavy atom. The number of carbonyl (C=O) groups is 3. The second-order valence-electron chi connectivity index (χ2n) is 10.7. The third-order valence-corrected chi connectivity index (χ3v) is 5.68. The second kappa shape index (κ2) is 11.3. The Labute approximate surface area is 218 Å². The number of hydrogen-bond donors (Lipinski definition) is 3. The van der Waals surface area contributed by atoms with Crippen LogP contribution in [-0.4, -0.2) is 41.1 Å². The van der Waals surface area contributed by atoms with Crippen molar-refractivity contribution in [2.75, 3.05) is 6.54 Å². The number of carbonyl (C=O) groups excluding carboxylic acids is 3. The molecule has 1 atom stereocenters. The number of nitrogens with two attached hydrogens (primary N) is 1. The molecule has 0 saturated heterocycles. The average molecular weight is 538 g/mol. The Morgan fingerprint density at radius 1 is 1.13 bits per heavy atom. The molecule has 2 aliphatic carbocycles. The molecule has 2 aliphatic rings. The van der Waals surface area contributed by atoms with Crippen LogP contribution in [0.1, 0.15) is 58.1 Å². The molecule has 12 heteroatoms. The van der Waals surface area contributed by atoms with Gasteiger partial charge in [-0.05, 0) is 36.1 Å². The number of nitrogens with zero attached hydrogens (tertiary/aromatic N) is 2. The van der Waals surface area contributed by atoms with E-state index in [4.69, 9.17) is 4.79 Å². The van der Waals surface area contributed by atoms with Crippen LogP contribution in [0.4, 0.5) is 17.6 Å². The molecule has 3 amide bonds. The highest BCUT2D eigenvalue weighted by molar-refractivity contribution is 5.93. The quantitative estimate of drug-likeness (QED) is 0.511. The van der Waals surface area contributed by atoms with Crippen molar-refractivity contribution < 1.29 is 31.9 Å². The summed E-state index contributed by atoms with van der Waals surface area (Å²) in [4.78, 5) is 37.6. The first-order chi connectivity index (χ1) is 17.4. The molecule has 1 fully saturated rings. The molecule has 206 valence electrons. The van der Waals surface area contributed by atoms with Crippen molar-refractivity contribution in [3.63, 3.8) is 0 Å². The number of nitrogens with one attached hydrogen (secondary N) is 2. The number of benzene rings is 1. The summed E-state index contributed by atoms with van der Waals surface area (Å²) >= 11 is 0. The first kappa shape index (κ1) is 30.5. The summed E-state index contributed by atoms with van der Waals surface area (Å²) in [5.74, 6) is -2.83. The van der Waals surface area contributed by atoms with E-state index in [1.165, 1.54) is 0 Å². The van der Waals surface area contributed by atoms with Crippen LogP contribution in [0.2, 0.25) is 0 Å². The minimum Gasteiger partial charge on any atom is -0.362 e. The van der Waals surface area contributed by atoms with E-state index in [1.807, 2.05) is 39.0 Å². The highest BCUT2D eigenvalue weighted by atomic mass is 19.4. The number of alkyl halides is 4. The Hall–Kier alpha value is -3.75. The van der Waals surface area contributed by atoms with Crippen molar-refractivity contribution in [1.29, 1.82) is 5.26 Å². The smallest absolute Gasteiger partial charge is 0.362 e. The summed E-state index contributed by atoms with van der Waals surface area (Å²) in [6.45, 7) is 7.35. The van der Waals surface area contributed by atoms with Crippen LogP contribution in [0.25, 0.3) is 10.8 Å².